The van der Waals surface area contributed by atoms with Gasteiger partial charge in [-0.3, -0.25) is 4.79 Å². The van der Waals surface area contributed by atoms with Crippen LogP contribution in [0.5, 0.6) is 11.5 Å². The first kappa shape index (κ1) is 13.8. The van der Waals surface area contributed by atoms with E-state index in [9.17, 15) is 4.79 Å². The van der Waals surface area contributed by atoms with E-state index >= 15 is 0 Å². The summed E-state index contributed by atoms with van der Waals surface area (Å²) in [4.78, 5) is 11.7. The summed E-state index contributed by atoms with van der Waals surface area (Å²) in [5, 5.41) is 3.12. The fourth-order valence-corrected chi connectivity index (χ4v) is 2.39. The smallest absolute Gasteiger partial charge is 0.244 e. The fraction of sp³-hybridized carbons (Fsp3) is 0.133. The maximum Gasteiger partial charge on any atom is 0.244 e. The molecule has 1 atom stereocenters. The van der Waals surface area contributed by atoms with Gasteiger partial charge in [0.2, 0.25) is 12.7 Å². The number of carbonyl (C=O) groups is 1. The van der Waals surface area contributed by atoms with Crippen LogP contribution in [-0.2, 0) is 4.79 Å². The standard InChI is InChI=1S/C15H13BrN2O3/c16-10-2-4-11(5-3-10)18-14(15(17)19)9-1-6-12-13(7-9)21-8-20-12/h1-7,14,18H,8H2,(H2,17,19). The van der Waals surface area contributed by atoms with Gasteiger partial charge in [-0.25, -0.2) is 0 Å². The average molecular weight is 349 g/mol. The minimum atomic E-state index is -0.638. The summed E-state index contributed by atoms with van der Waals surface area (Å²) in [7, 11) is 0. The monoisotopic (exact) mass is 348 g/mol. The number of hydrogen-bond donors (Lipinski definition) is 2. The summed E-state index contributed by atoms with van der Waals surface area (Å²) in [5.41, 5.74) is 7.05. The topological polar surface area (TPSA) is 73.6 Å². The third kappa shape index (κ3) is 2.95. The van der Waals surface area contributed by atoms with E-state index in [2.05, 4.69) is 21.2 Å². The highest BCUT2D eigenvalue weighted by molar-refractivity contribution is 9.10. The number of nitrogens with two attached hydrogens (primary N) is 1. The van der Waals surface area contributed by atoms with Gasteiger partial charge in [-0.05, 0) is 42.0 Å². The molecule has 2 aromatic carbocycles. The normalized spacial score (nSPS) is 13.8. The molecule has 5 nitrogen and oxygen atoms in total. The van der Waals surface area contributed by atoms with Crippen LogP contribution in [0.15, 0.2) is 46.9 Å². The molecule has 0 spiro atoms. The number of primary amides is 1. The lowest BCUT2D eigenvalue weighted by atomic mass is 10.1. The molecule has 108 valence electrons. The van der Waals surface area contributed by atoms with Crippen LogP contribution in [-0.4, -0.2) is 12.7 Å². The Balaban J connectivity index is 1.87. The van der Waals surface area contributed by atoms with Crippen molar-refractivity contribution in [3.05, 3.63) is 52.5 Å². The van der Waals surface area contributed by atoms with E-state index in [-0.39, 0.29) is 6.79 Å². The van der Waals surface area contributed by atoms with Crippen molar-refractivity contribution in [3.63, 3.8) is 0 Å². The number of fused-ring (bicyclic) bond motifs is 1. The number of ether oxygens (including phenoxy) is 2. The molecule has 6 heteroatoms. The molecule has 1 aliphatic heterocycles. The van der Waals surface area contributed by atoms with Crippen LogP contribution >= 0.6 is 15.9 Å². The summed E-state index contributed by atoms with van der Waals surface area (Å²) in [6, 6.07) is 12.2. The average Bonchev–Trinajstić information content (AvgIpc) is 2.93. The molecule has 0 aromatic heterocycles. The van der Waals surface area contributed by atoms with Gasteiger partial charge in [0, 0.05) is 10.2 Å². The lowest BCUT2D eigenvalue weighted by Crippen LogP contribution is -2.27. The van der Waals surface area contributed by atoms with Gasteiger partial charge in [0.25, 0.3) is 0 Å². The molecule has 0 saturated carbocycles. The van der Waals surface area contributed by atoms with Crippen LogP contribution in [0.2, 0.25) is 0 Å². The van der Waals surface area contributed by atoms with Crippen LogP contribution in [0.1, 0.15) is 11.6 Å². The van der Waals surface area contributed by atoms with Crippen LogP contribution in [0, 0.1) is 0 Å². The number of amides is 1. The van der Waals surface area contributed by atoms with Crippen molar-refractivity contribution in [1.29, 1.82) is 0 Å². The largest absolute Gasteiger partial charge is 0.454 e. The van der Waals surface area contributed by atoms with E-state index < -0.39 is 11.9 Å². The summed E-state index contributed by atoms with van der Waals surface area (Å²) in [5.74, 6) is 0.832. The number of benzene rings is 2. The van der Waals surface area contributed by atoms with Crippen molar-refractivity contribution >= 4 is 27.5 Å². The number of halogens is 1. The SMILES string of the molecule is NC(=O)C(Nc1ccc(Br)cc1)c1ccc2c(c1)OCO2. The van der Waals surface area contributed by atoms with Gasteiger partial charge in [0.05, 0.1) is 0 Å². The Hall–Kier alpha value is -2.21. The van der Waals surface area contributed by atoms with E-state index in [0.717, 1.165) is 15.7 Å². The lowest BCUT2D eigenvalue weighted by Gasteiger charge is -2.17. The van der Waals surface area contributed by atoms with Crippen LogP contribution in [0.4, 0.5) is 5.69 Å². The first-order valence-corrected chi connectivity index (χ1v) is 7.14. The molecule has 0 fully saturated rings. The van der Waals surface area contributed by atoms with Gasteiger partial charge in [-0.2, -0.15) is 0 Å². The fourth-order valence-electron chi connectivity index (χ4n) is 2.12. The maximum atomic E-state index is 11.7. The third-order valence-corrected chi connectivity index (χ3v) is 3.70. The van der Waals surface area contributed by atoms with E-state index in [1.165, 1.54) is 0 Å². The Morgan fingerprint density at radius 2 is 1.86 bits per heavy atom. The molecule has 1 heterocycles. The molecule has 1 unspecified atom stereocenters. The molecule has 3 N–H and O–H groups in total. The highest BCUT2D eigenvalue weighted by Crippen LogP contribution is 2.35. The quantitative estimate of drug-likeness (QED) is 0.890. The summed E-state index contributed by atoms with van der Waals surface area (Å²) >= 11 is 3.37. The van der Waals surface area contributed by atoms with Gasteiger partial charge < -0.3 is 20.5 Å². The van der Waals surface area contributed by atoms with Crippen LogP contribution in [0.25, 0.3) is 0 Å². The third-order valence-electron chi connectivity index (χ3n) is 3.17. The zero-order valence-electron chi connectivity index (χ0n) is 11.0. The highest BCUT2D eigenvalue weighted by Gasteiger charge is 2.21. The molecular formula is C15H13BrN2O3. The number of rotatable bonds is 4. The Bertz CT molecular complexity index is 673. The Morgan fingerprint density at radius 1 is 1.14 bits per heavy atom. The van der Waals surface area contributed by atoms with Crippen molar-refractivity contribution in [2.24, 2.45) is 5.73 Å². The van der Waals surface area contributed by atoms with E-state index in [0.29, 0.717) is 11.5 Å². The van der Waals surface area contributed by atoms with Gasteiger partial charge in [0.15, 0.2) is 11.5 Å². The summed E-state index contributed by atoms with van der Waals surface area (Å²) < 4.78 is 11.6. The van der Waals surface area contributed by atoms with Crippen molar-refractivity contribution < 1.29 is 14.3 Å². The molecule has 1 amide bonds. The number of anilines is 1. The van der Waals surface area contributed by atoms with Crippen molar-refractivity contribution in [3.8, 4) is 11.5 Å². The molecule has 0 aliphatic carbocycles. The van der Waals surface area contributed by atoms with Crippen LogP contribution < -0.4 is 20.5 Å². The van der Waals surface area contributed by atoms with E-state index in [1.54, 1.807) is 18.2 Å². The number of carbonyl (C=O) groups excluding carboxylic acids is 1. The number of hydrogen-bond acceptors (Lipinski definition) is 4. The minimum Gasteiger partial charge on any atom is -0.454 e. The zero-order valence-corrected chi connectivity index (χ0v) is 12.6. The van der Waals surface area contributed by atoms with Crippen molar-refractivity contribution in [2.45, 2.75) is 6.04 Å². The molecule has 0 bridgehead atoms. The minimum absolute atomic E-state index is 0.195. The molecule has 1 aliphatic rings. The Kier molecular flexibility index (Phi) is 3.70. The first-order valence-electron chi connectivity index (χ1n) is 6.34. The van der Waals surface area contributed by atoms with Crippen molar-refractivity contribution in [2.75, 3.05) is 12.1 Å². The first-order chi connectivity index (χ1) is 10.1. The van der Waals surface area contributed by atoms with E-state index in [4.69, 9.17) is 15.2 Å². The predicted molar refractivity (Wildman–Crippen MR) is 82.3 cm³/mol. The summed E-state index contributed by atoms with van der Waals surface area (Å²) in [6.45, 7) is 0.195. The molecular weight excluding hydrogens is 336 g/mol. The van der Waals surface area contributed by atoms with Gasteiger partial charge >= 0.3 is 0 Å². The molecule has 0 saturated heterocycles. The molecule has 3 rings (SSSR count). The lowest BCUT2D eigenvalue weighted by molar-refractivity contribution is -0.118. The molecule has 21 heavy (non-hydrogen) atoms. The van der Waals surface area contributed by atoms with Gasteiger partial charge in [-0.1, -0.05) is 22.0 Å². The van der Waals surface area contributed by atoms with Crippen LogP contribution in [0.3, 0.4) is 0 Å². The zero-order chi connectivity index (χ0) is 14.8. The Labute approximate surface area is 130 Å². The summed E-state index contributed by atoms with van der Waals surface area (Å²) in [6.07, 6.45) is 0. The highest BCUT2D eigenvalue weighted by atomic mass is 79.9. The van der Waals surface area contributed by atoms with Gasteiger partial charge in [-0.15, -0.1) is 0 Å². The predicted octanol–water partition coefficient (Wildman–Crippen LogP) is 2.82. The number of nitrogens with one attached hydrogen (secondary N) is 1. The van der Waals surface area contributed by atoms with Gasteiger partial charge in [0.1, 0.15) is 6.04 Å². The second kappa shape index (κ2) is 5.65. The molecule has 2 aromatic rings. The second-order valence-electron chi connectivity index (χ2n) is 4.60. The van der Waals surface area contributed by atoms with Crippen molar-refractivity contribution in [1.82, 2.24) is 0 Å². The Morgan fingerprint density at radius 3 is 2.57 bits per heavy atom. The van der Waals surface area contributed by atoms with E-state index in [1.807, 2.05) is 24.3 Å². The second-order valence-corrected chi connectivity index (χ2v) is 5.51. The maximum absolute atomic E-state index is 11.7. The molecule has 0 radical (unpaired) electrons.